The van der Waals surface area contributed by atoms with Gasteiger partial charge in [-0.2, -0.15) is 13.5 Å². The number of piperidine rings is 1. The van der Waals surface area contributed by atoms with Crippen LogP contribution in [0.1, 0.15) is 49.3 Å². The van der Waals surface area contributed by atoms with Gasteiger partial charge in [0, 0.05) is 12.0 Å². The summed E-state index contributed by atoms with van der Waals surface area (Å²) in [6.07, 6.45) is 6.07. The number of rotatable bonds is 10. The lowest BCUT2D eigenvalue weighted by molar-refractivity contribution is -0.605. The Morgan fingerprint density at radius 3 is 2.51 bits per heavy atom. The van der Waals surface area contributed by atoms with E-state index in [9.17, 15) is 18.8 Å². The van der Waals surface area contributed by atoms with Gasteiger partial charge in [0.25, 0.3) is 0 Å². The number of ether oxygens (including phenoxy) is 3. The molecule has 0 amide bonds. The molecule has 1 aliphatic carbocycles. The zero-order valence-electron chi connectivity index (χ0n) is 18.9. The number of halogens is 4. The van der Waals surface area contributed by atoms with Gasteiger partial charge in [-0.15, -0.1) is 0 Å². The predicted molar refractivity (Wildman–Crippen MR) is 125 cm³/mol. The summed E-state index contributed by atoms with van der Waals surface area (Å²) in [6.45, 7) is -1.93. The predicted octanol–water partition coefficient (Wildman–Crippen LogP) is 4.99. The van der Waals surface area contributed by atoms with E-state index in [4.69, 9.17) is 32.7 Å². The number of aromatic nitrogens is 1. The van der Waals surface area contributed by atoms with Crippen LogP contribution < -0.4 is 19.5 Å². The SMILES string of the molecule is O=C(O[C@@H](Cc1c(Cl)c[n+]([O-])cc1Cl)c1ccc(OC(F)F)c(OCC2CC2)c1)[C@@H]1CCCCN1. The highest BCUT2D eigenvalue weighted by molar-refractivity contribution is 6.35. The first kappa shape index (κ1) is 25.7. The number of hydrogen-bond acceptors (Lipinski definition) is 6. The fraction of sp³-hybridized carbons (Fsp3) is 0.500. The molecule has 1 N–H and O–H groups in total. The monoisotopic (exact) mass is 530 g/mol. The van der Waals surface area contributed by atoms with Gasteiger partial charge in [-0.25, -0.2) is 0 Å². The number of alkyl halides is 2. The average Bonchev–Trinajstić information content (AvgIpc) is 3.64. The van der Waals surface area contributed by atoms with Gasteiger partial charge in [-0.05, 0) is 55.8 Å². The highest BCUT2D eigenvalue weighted by Crippen LogP contribution is 2.38. The molecule has 0 spiro atoms. The third-order valence-corrected chi connectivity index (χ3v) is 6.68. The summed E-state index contributed by atoms with van der Waals surface area (Å²) < 4.78 is 42.7. The van der Waals surface area contributed by atoms with Crippen LogP contribution in [0.25, 0.3) is 0 Å². The molecule has 0 unspecified atom stereocenters. The van der Waals surface area contributed by atoms with Crippen molar-refractivity contribution in [3.63, 3.8) is 0 Å². The zero-order chi connectivity index (χ0) is 24.9. The van der Waals surface area contributed by atoms with E-state index in [1.54, 1.807) is 0 Å². The molecule has 2 aromatic rings. The molecular formula is C24H26Cl2F2N2O5. The fourth-order valence-electron chi connectivity index (χ4n) is 3.94. The highest BCUT2D eigenvalue weighted by Gasteiger charge is 2.29. The Labute approximate surface area is 211 Å². The van der Waals surface area contributed by atoms with Gasteiger partial charge < -0.3 is 24.7 Å². The molecule has 190 valence electrons. The van der Waals surface area contributed by atoms with Gasteiger partial charge >= 0.3 is 12.6 Å². The normalized spacial score (nSPS) is 18.8. The molecule has 1 saturated heterocycles. The minimum absolute atomic E-state index is 0.0636. The smallest absolute Gasteiger partial charge is 0.387 e. The Hall–Kier alpha value is -2.36. The molecule has 0 radical (unpaired) electrons. The van der Waals surface area contributed by atoms with Gasteiger partial charge in [-0.1, -0.05) is 35.7 Å². The minimum Gasteiger partial charge on any atom is -0.619 e. The van der Waals surface area contributed by atoms with E-state index in [1.807, 2.05) is 0 Å². The molecule has 4 rings (SSSR count). The summed E-state index contributed by atoms with van der Waals surface area (Å²) in [4.78, 5) is 13.0. The molecule has 2 heterocycles. The van der Waals surface area contributed by atoms with E-state index in [0.717, 1.165) is 38.1 Å². The van der Waals surface area contributed by atoms with Gasteiger partial charge in [0.05, 0.1) is 6.61 Å². The fourth-order valence-corrected chi connectivity index (χ4v) is 4.54. The summed E-state index contributed by atoms with van der Waals surface area (Å²) in [5.74, 6) is -0.0318. The maximum atomic E-state index is 13.0. The van der Waals surface area contributed by atoms with E-state index in [1.165, 1.54) is 18.2 Å². The number of benzene rings is 1. The van der Waals surface area contributed by atoms with Crippen LogP contribution in [0.2, 0.25) is 10.0 Å². The second-order valence-corrected chi connectivity index (χ2v) is 9.58. The Morgan fingerprint density at radius 1 is 1.14 bits per heavy atom. The van der Waals surface area contributed by atoms with E-state index in [0.29, 0.717) is 41.3 Å². The van der Waals surface area contributed by atoms with Crippen molar-refractivity contribution in [3.05, 3.63) is 57.0 Å². The molecule has 1 saturated carbocycles. The number of nitrogens with zero attached hydrogens (tertiary/aromatic N) is 1. The van der Waals surface area contributed by atoms with Crippen LogP contribution in [0, 0.1) is 11.1 Å². The Morgan fingerprint density at radius 2 is 1.89 bits per heavy atom. The molecule has 1 aliphatic heterocycles. The second kappa shape index (κ2) is 11.6. The quantitative estimate of drug-likeness (QED) is 0.265. The maximum absolute atomic E-state index is 13.0. The lowest BCUT2D eigenvalue weighted by Gasteiger charge is -2.26. The van der Waals surface area contributed by atoms with Crippen molar-refractivity contribution in [2.75, 3.05) is 13.2 Å². The number of carbonyl (C=O) groups is 1. The maximum Gasteiger partial charge on any atom is 0.387 e. The third-order valence-electron chi connectivity index (χ3n) is 6.03. The van der Waals surface area contributed by atoms with Crippen molar-refractivity contribution in [2.45, 2.75) is 57.3 Å². The van der Waals surface area contributed by atoms with Crippen molar-refractivity contribution in [1.29, 1.82) is 0 Å². The first-order valence-corrected chi connectivity index (χ1v) is 12.3. The van der Waals surface area contributed by atoms with Gasteiger partial charge in [0.15, 0.2) is 23.9 Å². The second-order valence-electron chi connectivity index (χ2n) is 8.76. The van der Waals surface area contributed by atoms with Crippen molar-refractivity contribution < 1.29 is 32.5 Å². The summed E-state index contributed by atoms with van der Waals surface area (Å²) in [5, 5.41) is 15.1. The van der Waals surface area contributed by atoms with Crippen LogP contribution in [-0.4, -0.2) is 31.8 Å². The molecule has 35 heavy (non-hydrogen) atoms. The van der Waals surface area contributed by atoms with Crippen molar-refractivity contribution in [3.8, 4) is 11.5 Å². The van der Waals surface area contributed by atoms with Crippen LogP contribution in [-0.2, 0) is 16.0 Å². The Balaban J connectivity index is 1.64. The number of pyridine rings is 1. The number of esters is 1. The van der Waals surface area contributed by atoms with Gasteiger partial charge in [0.2, 0.25) is 0 Å². The lowest BCUT2D eigenvalue weighted by Crippen LogP contribution is -2.42. The molecule has 2 fully saturated rings. The lowest BCUT2D eigenvalue weighted by atomic mass is 10.0. The summed E-state index contributed by atoms with van der Waals surface area (Å²) in [5.41, 5.74) is 0.913. The largest absolute Gasteiger partial charge is 0.619 e. The first-order valence-electron chi connectivity index (χ1n) is 11.5. The zero-order valence-corrected chi connectivity index (χ0v) is 20.4. The van der Waals surface area contributed by atoms with Crippen molar-refractivity contribution in [2.24, 2.45) is 5.92 Å². The Bertz CT molecular complexity index is 1030. The number of carbonyl (C=O) groups excluding carboxylic acids is 1. The van der Waals surface area contributed by atoms with E-state index in [-0.39, 0.29) is 28.0 Å². The summed E-state index contributed by atoms with van der Waals surface area (Å²) >= 11 is 12.5. The molecule has 11 heteroatoms. The number of nitrogens with one attached hydrogen (secondary N) is 1. The van der Waals surface area contributed by atoms with E-state index >= 15 is 0 Å². The standard InChI is InChI=1S/C24H26Cl2F2N2O5/c25-17-11-30(32)12-18(26)16(17)10-21(34-23(31)19-3-1-2-8-29-19)15-6-7-20(35-24(27)28)22(9-15)33-13-14-4-5-14/h6-7,9,11-12,14,19,21,24,29H,1-5,8,10,13H2/t19-,21-/m0/s1. The number of hydrogen-bond donors (Lipinski definition) is 1. The van der Waals surface area contributed by atoms with Crippen LogP contribution in [0.5, 0.6) is 11.5 Å². The van der Waals surface area contributed by atoms with Crippen LogP contribution >= 0.6 is 23.2 Å². The third kappa shape index (κ3) is 7.08. The summed E-state index contributed by atoms with van der Waals surface area (Å²) in [7, 11) is 0. The van der Waals surface area contributed by atoms with Crippen molar-refractivity contribution in [1.82, 2.24) is 5.32 Å². The topological polar surface area (TPSA) is 83.7 Å². The highest BCUT2D eigenvalue weighted by atomic mass is 35.5. The van der Waals surface area contributed by atoms with Crippen molar-refractivity contribution >= 4 is 29.2 Å². The molecule has 2 aliphatic rings. The van der Waals surface area contributed by atoms with Crippen LogP contribution in [0.4, 0.5) is 8.78 Å². The minimum atomic E-state index is -3.02. The van der Waals surface area contributed by atoms with Crippen LogP contribution in [0.15, 0.2) is 30.6 Å². The van der Waals surface area contributed by atoms with Gasteiger partial charge in [0.1, 0.15) is 22.2 Å². The van der Waals surface area contributed by atoms with E-state index in [2.05, 4.69) is 10.1 Å². The molecule has 1 aromatic heterocycles. The van der Waals surface area contributed by atoms with Gasteiger partial charge in [-0.3, -0.25) is 4.79 Å². The molecule has 2 atom stereocenters. The van der Waals surface area contributed by atoms with Crippen LogP contribution in [0.3, 0.4) is 0 Å². The average molecular weight is 531 g/mol. The summed E-state index contributed by atoms with van der Waals surface area (Å²) in [6, 6.07) is 3.98. The molecule has 1 aromatic carbocycles. The molecule has 0 bridgehead atoms. The Kier molecular flexibility index (Phi) is 8.51. The first-order chi connectivity index (χ1) is 16.8. The van der Waals surface area contributed by atoms with E-state index < -0.39 is 24.7 Å². The molecular weight excluding hydrogens is 505 g/mol. The molecule has 7 nitrogen and oxygen atoms in total.